The first kappa shape index (κ1) is 218. The Morgan fingerprint density at radius 2 is 0.333 bits per heavy atom. The van der Waals surface area contributed by atoms with Crippen LogP contribution in [0.1, 0.15) is 0 Å². The first-order chi connectivity index (χ1) is 0. The molecule has 0 aliphatic heterocycles. The van der Waals surface area contributed by atoms with Gasteiger partial charge < -0.3 is 27.4 Å². The predicted octanol–water partition coefficient (Wildman–Crippen LogP) is -0.604. The summed E-state index contributed by atoms with van der Waals surface area (Å²) in [4.78, 5) is 0. The van der Waals surface area contributed by atoms with E-state index in [1.807, 2.05) is 0 Å². The van der Waals surface area contributed by atoms with E-state index in [0.717, 1.165) is 0 Å². The van der Waals surface area contributed by atoms with Crippen molar-refractivity contribution in [2.75, 3.05) is 0 Å². The quantitative estimate of drug-likeness (QED) is 0.393. The van der Waals surface area contributed by atoms with E-state index < -0.39 is 0 Å². The molecule has 0 unspecified atom stereocenters. The molecule has 0 aliphatic carbocycles. The van der Waals surface area contributed by atoms with Gasteiger partial charge in [0.2, 0.25) is 0 Å². The number of hydrogen-bond donors (Lipinski definition) is 0. The van der Waals surface area contributed by atoms with Gasteiger partial charge in [-0.15, -0.1) is 0 Å². The van der Waals surface area contributed by atoms with Gasteiger partial charge in [0.15, 0.2) is 0 Å². The molecule has 0 aromatic rings. The third-order valence-electron chi connectivity index (χ3n) is 0. The Bertz CT molecular complexity index is 12.9. The molecule has 0 bridgehead atoms. The van der Waals surface area contributed by atoms with Crippen molar-refractivity contribution in [3.05, 3.63) is 0 Å². The summed E-state index contributed by atoms with van der Waals surface area (Å²) in [6.07, 6.45) is 0. The molecule has 0 amide bonds. The smallest absolute Gasteiger partial charge is 2.00 e. The molecule has 0 saturated carbocycles. The van der Waals surface area contributed by atoms with Crippen LogP contribution in [-0.4, -0.2) is 0 Å². The molecular formula is O5Pd2Rh2. The SMILES string of the molecule is [O-2].[O-2].[O-2].[O-2].[O-2].[Pd+2].[Pd+2].[Rh+3].[Rh+3]. The van der Waals surface area contributed by atoms with E-state index in [1.165, 1.54) is 0 Å². The molecule has 0 radical (unpaired) electrons. The molecule has 9 heteroatoms. The molecule has 0 heterocycles. The van der Waals surface area contributed by atoms with Crippen molar-refractivity contribution in [1.82, 2.24) is 0 Å². The van der Waals surface area contributed by atoms with Crippen LogP contribution in [0.4, 0.5) is 0 Å². The number of hydrogen-bond acceptors (Lipinski definition) is 0. The van der Waals surface area contributed by atoms with E-state index in [9.17, 15) is 0 Å². The van der Waals surface area contributed by atoms with Crippen LogP contribution in [0.5, 0.6) is 0 Å². The van der Waals surface area contributed by atoms with Crippen molar-refractivity contribution in [2.24, 2.45) is 0 Å². The van der Waals surface area contributed by atoms with Crippen LogP contribution >= 0.6 is 0 Å². The first-order valence-electron chi connectivity index (χ1n) is 0. The van der Waals surface area contributed by atoms with Crippen LogP contribution < -0.4 is 0 Å². The van der Waals surface area contributed by atoms with Crippen LogP contribution in [0.25, 0.3) is 0 Å². The van der Waals surface area contributed by atoms with Crippen LogP contribution in [0.15, 0.2) is 0 Å². The van der Waals surface area contributed by atoms with Gasteiger partial charge in [-0.2, -0.15) is 0 Å². The molecule has 0 saturated heterocycles. The van der Waals surface area contributed by atoms with Gasteiger partial charge >= 0.3 is 79.8 Å². The molecule has 0 N–H and O–H groups in total. The van der Waals surface area contributed by atoms with Crippen molar-refractivity contribution in [3.8, 4) is 0 Å². The van der Waals surface area contributed by atoms with Crippen LogP contribution in [0.3, 0.4) is 0 Å². The fourth-order valence-electron chi connectivity index (χ4n) is 0. The van der Waals surface area contributed by atoms with Crippen LogP contribution in [0.2, 0.25) is 0 Å². The van der Waals surface area contributed by atoms with Gasteiger partial charge in [-0.25, -0.2) is 0 Å². The minimum Gasteiger partial charge on any atom is -2.00 e. The maximum absolute atomic E-state index is 0. The molecule has 68 valence electrons. The fraction of sp³-hybridized carbons (Fsp3) is 0. The standard InChI is InChI=1S/5O.2Pd.2Rh/q5*-2;2*+2;2*+3. The fourth-order valence-corrected chi connectivity index (χ4v) is 0. The Hall–Kier alpha value is 2.37. The zero-order valence-corrected chi connectivity index (χ0v) is 9.73. The summed E-state index contributed by atoms with van der Waals surface area (Å²) in [5, 5.41) is 0. The molecule has 0 aromatic heterocycles. The Labute approximate surface area is 106 Å². The summed E-state index contributed by atoms with van der Waals surface area (Å²) in [7, 11) is 0. The van der Waals surface area contributed by atoms with Crippen molar-refractivity contribution in [2.45, 2.75) is 0 Å². The molecule has 0 aliphatic rings. The number of rotatable bonds is 0. The Morgan fingerprint density at radius 1 is 0.333 bits per heavy atom. The van der Waals surface area contributed by atoms with Gasteiger partial charge in [-0.05, 0) is 0 Å². The summed E-state index contributed by atoms with van der Waals surface area (Å²) < 4.78 is 0. The average Bonchev–Trinajstić information content (AvgIpc) is 0. The van der Waals surface area contributed by atoms with E-state index in [-0.39, 0.29) is 107 Å². The van der Waals surface area contributed by atoms with Gasteiger partial charge in [0.25, 0.3) is 0 Å². The summed E-state index contributed by atoms with van der Waals surface area (Å²) in [5.74, 6) is 0. The van der Waals surface area contributed by atoms with Gasteiger partial charge in [0.05, 0.1) is 0 Å². The predicted molar refractivity (Wildman–Crippen MR) is 3.43 cm³/mol. The van der Waals surface area contributed by atoms with Crippen LogP contribution in [-0.2, 0) is 107 Å². The van der Waals surface area contributed by atoms with Gasteiger partial charge in [0, 0.05) is 0 Å². The first-order valence-corrected chi connectivity index (χ1v) is 0. The second-order valence-electron chi connectivity index (χ2n) is 0. The van der Waals surface area contributed by atoms with Gasteiger partial charge in [-0.1, -0.05) is 0 Å². The summed E-state index contributed by atoms with van der Waals surface area (Å²) in [6.45, 7) is 0. The molecule has 0 aromatic carbocycles. The maximum atomic E-state index is 0. The Balaban J connectivity index is 0. The molecule has 0 rings (SSSR count). The minimum atomic E-state index is 0. The van der Waals surface area contributed by atoms with Gasteiger partial charge in [0.1, 0.15) is 0 Å². The van der Waals surface area contributed by atoms with E-state index in [1.54, 1.807) is 0 Å². The van der Waals surface area contributed by atoms with Crippen molar-refractivity contribution in [1.29, 1.82) is 0 Å². The Morgan fingerprint density at radius 3 is 0.333 bits per heavy atom. The zero-order valence-electron chi connectivity index (χ0n) is 3.34. The van der Waals surface area contributed by atoms with E-state index in [2.05, 4.69) is 0 Å². The summed E-state index contributed by atoms with van der Waals surface area (Å²) in [6, 6.07) is 0. The second-order valence-corrected chi connectivity index (χ2v) is 0. The largest absolute Gasteiger partial charge is 3.00 e. The minimum absolute atomic E-state index is 0. The van der Waals surface area contributed by atoms with E-state index >= 15 is 0 Å². The van der Waals surface area contributed by atoms with E-state index in [0.29, 0.717) is 0 Å². The monoisotopic (exact) mass is 498 g/mol. The third-order valence-corrected chi connectivity index (χ3v) is 0. The third kappa shape index (κ3) is 129. The summed E-state index contributed by atoms with van der Waals surface area (Å²) in [5.41, 5.74) is 0. The van der Waals surface area contributed by atoms with Gasteiger partial charge in [-0.3, -0.25) is 0 Å². The van der Waals surface area contributed by atoms with Crippen molar-refractivity contribution in [3.63, 3.8) is 0 Å². The molecule has 0 spiro atoms. The normalized spacial score (nSPS) is 0. The van der Waals surface area contributed by atoms with Crippen LogP contribution in [0, 0.1) is 0 Å². The zero-order chi connectivity index (χ0) is 0. The topological polar surface area (TPSA) is 142 Å². The molecule has 0 atom stereocenters. The van der Waals surface area contributed by atoms with E-state index in [4.69, 9.17) is 0 Å². The molecular weight excluding hydrogens is 499 g/mol. The molecule has 9 heavy (non-hydrogen) atoms. The molecule has 0 fully saturated rings. The van der Waals surface area contributed by atoms with Crippen molar-refractivity contribution < 1.29 is 107 Å². The second kappa shape index (κ2) is 162. The maximum Gasteiger partial charge on any atom is 3.00 e. The molecule has 5 nitrogen and oxygen atoms in total. The summed E-state index contributed by atoms with van der Waals surface area (Å²) >= 11 is 0. The Kier molecular flexibility index (Phi) is 3910. The van der Waals surface area contributed by atoms with Crippen molar-refractivity contribution >= 4 is 0 Å². The average molecular weight is 499 g/mol.